The molecule has 0 unspecified atom stereocenters. The molecule has 1 heterocycles. The lowest BCUT2D eigenvalue weighted by atomic mass is 10.1. The summed E-state index contributed by atoms with van der Waals surface area (Å²) in [5.74, 6) is 1.95. The fourth-order valence-electron chi connectivity index (χ4n) is 1.54. The van der Waals surface area contributed by atoms with Crippen LogP contribution in [0.5, 0.6) is 0 Å². The second-order valence-corrected chi connectivity index (χ2v) is 4.43. The monoisotopic (exact) mass is 205 g/mol. The van der Waals surface area contributed by atoms with E-state index in [9.17, 15) is 0 Å². The molecule has 0 aromatic carbocycles. The zero-order valence-electron chi connectivity index (χ0n) is 9.99. The molecule has 0 radical (unpaired) electrons. The number of nitrogens with zero attached hydrogens (tertiary/aromatic N) is 3. The SMILES string of the molecule is CC(C)c1cn(CCC#N)c(C(C)C)n1. The van der Waals surface area contributed by atoms with E-state index in [1.54, 1.807) is 0 Å². The van der Waals surface area contributed by atoms with Gasteiger partial charge in [-0.15, -0.1) is 0 Å². The van der Waals surface area contributed by atoms with Gasteiger partial charge in [0.05, 0.1) is 18.2 Å². The van der Waals surface area contributed by atoms with Gasteiger partial charge in [-0.05, 0) is 5.92 Å². The minimum atomic E-state index is 0.413. The number of hydrogen-bond acceptors (Lipinski definition) is 2. The summed E-state index contributed by atoms with van der Waals surface area (Å²) in [5, 5.41) is 8.59. The van der Waals surface area contributed by atoms with Gasteiger partial charge in [-0.3, -0.25) is 0 Å². The molecule has 0 atom stereocenters. The predicted octanol–water partition coefficient (Wildman–Crippen LogP) is 3.04. The molecule has 0 saturated heterocycles. The molecule has 0 bridgehead atoms. The lowest BCUT2D eigenvalue weighted by Crippen LogP contribution is -2.04. The molecule has 3 nitrogen and oxygen atoms in total. The summed E-state index contributed by atoms with van der Waals surface area (Å²) < 4.78 is 2.11. The molecule has 0 fully saturated rings. The van der Waals surface area contributed by atoms with E-state index in [2.05, 4.69) is 49.5 Å². The first kappa shape index (κ1) is 11.8. The zero-order valence-corrected chi connectivity index (χ0v) is 9.99. The van der Waals surface area contributed by atoms with E-state index in [4.69, 9.17) is 5.26 Å². The molecule has 0 saturated carbocycles. The Morgan fingerprint density at radius 2 is 2.00 bits per heavy atom. The highest BCUT2D eigenvalue weighted by atomic mass is 15.1. The minimum Gasteiger partial charge on any atom is -0.333 e. The van der Waals surface area contributed by atoms with Crippen molar-refractivity contribution in [3.8, 4) is 6.07 Å². The molecule has 1 aromatic heterocycles. The third kappa shape index (κ3) is 2.82. The maximum Gasteiger partial charge on any atom is 0.111 e. The van der Waals surface area contributed by atoms with Gasteiger partial charge < -0.3 is 4.57 Å². The fraction of sp³-hybridized carbons (Fsp3) is 0.667. The van der Waals surface area contributed by atoms with Gasteiger partial charge in [-0.25, -0.2) is 4.98 Å². The first-order valence-electron chi connectivity index (χ1n) is 5.50. The van der Waals surface area contributed by atoms with Crippen LogP contribution in [0.4, 0.5) is 0 Å². The molecule has 0 N–H and O–H groups in total. The van der Waals surface area contributed by atoms with Crippen LogP contribution < -0.4 is 0 Å². The van der Waals surface area contributed by atoms with Gasteiger partial charge in [-0.1, -0.05) is 27.7 Å². The highest BCUT2D eigenvalue weighted by Gasteiger charge is 2.12. The van der Waals surface area contributed by atoms with Crippen molar-refractivity contribution in [2.75, 3.05) is 0 Å². The van der Waals surface area contributed by atoms with Crippen molar-refractivity contribution in [3.63, 3.8) is 0 Å². The van der Waals surface area contributed by atoms with Gasteiger partial charge in [-0.2, -0.15) is 5.26 Å². The maximum absolute atomic E-state index is 8.59. The Morgan fingerprint density at radius 3 is 2.47 bits per heavy atom. The molecule has 82 valence electrons. The molecule has 1 rings (SSSR count). The van der Waals surface area contributed by atoms with E-state index in [-0.39, 0.29) is 0 Å². The fourth-order valence-corrected chi connectivity index (χ4v) is 1.54. The Kier molecular flexibility index (Phi) is 3.90. The van der Waals surface area contributed by atoms with Crippen molar-refractivity contribution >= 4 is 0 Å². The Balaban J connectivity index is 2.96. The molecule has 15 heavy (non-hydrogen) atoms. The summed E-state index contributed by atoms with van der Waals surface area (Å²) >= 11 is 0. The Hall–Kier alpha value is -1.30. The van der Waals surface area contributed by atoms with Crippen LogP contribution in [-0.4, -0.2) is 9.55 Å². The van der Waals surface area contributed by atoms with Crippen molar-refractivity contribution in [1.29, 1.82) is 5.26 Å². The van der Waals surface area contributed by atoms with Crippen LogP contribution >= 0.6 is 0 Å². The molecule has 0 aliphatic rings. The van der Waals surface area contributed by atoms with E-state index in [0.717, 1.165) is 18.1 Å². The number of aryl methyl sites for hydroxylation is 1. The summed E-state index contributed by atoms with van der Waals surface area (Å²) in [4.78, 5) is 4.62. The van der Waals surface area contributed by atoms with Crippen molar-refractivity contribution in [2.24, 2.45) is 0 Å². The molecule has 0 aliphatic carbocycles. The average Bonchev–Trinajstić information content (AvgIpc) is 2.58. The summed E-state index contributed by atoms with van der Waals surface area (Å²) in [7, 11) is 0. The summed E-state index contributed by atoms with van der Waals surface area (Å²) in [5.41, 5.74) is 1.12. The van der Waals surface area contributed by atoms with Gasteiger partial charge in [0.2, 0.25) is 0 Å². The minimum absolute atomic E-state index is 0.413. The van der Waals surface area contributed by atoms with Crippen LogP contribution in [0.1, 0.15) is 57.5 Å². The van der Waals surface area contributed by atoms with Crippen LogP contribution in [-0.2, 0) is 6.54 Å². The topological polar surface area (TPSA) is 41.6 Å². The number of imidazole rings is 1. The maximum atomic E-state index is 8.59. The number of hydrogen-bond donors (Lipinski definition) is 0. The van der Waals surface area contributed by atoms with Crippen molar-refractivity contribution < 1.29 is 0 Å². The van der Waals surface area contributed by atoms with Crippen LogP contribution in [0.2, 0.25) is 0 Å². The number of nitriles is 1. The van der Waals surface area contributed by atoms with Gasteiger partial charge in [0.1, 0.15) is 5.82 Å². The lowest BCUT2D eigenvalue weighted by Gasteiger charge is -2.07. The molecular formula is C12H19N3. The summed E-state index contributed by atoms with van der Waals surface area (Å²) in [6, 6.07) is 2.17. The van der Waals surface area contributed by atoms with Crippen LogP contribution in [0.3, 0.4) is 0 Å². The van der Waals surface area contributed by atoms with Crippen molar-refractivity contribution in [2.45, 2.75) is 52.5 Å². The predicted molar refractivity (Wildman–Crippen MR) is 60.6 cm³/mol. The van der Waals surface area contributed by atoms with Gasteiger partial charge in [0, 0.05) is 18.7 Å². The number of aromatic nitrogens is 2. The van der Waals surface area contributed by atoms with Gasteiger partial charge in [0.15, 0.2) is 0 Å². The Labute approximate surface area is 91.7 Å². The van der Waals surface area contributed by atoms with E-state index in [1.165, 1.54) is 0 Å². The largest absolute Gasteiger partial charge is 0.333 e. The first-order valence-corrected chi connectivity index (χ1v) is 5.50. The zero-order chi connectivity index (χ0) is 11.4. The van der Waals surface area contributed by atoms with Crippen LogP contribution in [0.25, 0.3) is 0 Å². The molecule has 0 aliphatic heterocycles. The molecule has 1 aromatic rings. The molecular weight excluding hydrogens is 186 g/mol. The molecule has 0 spiro atoms. The smallest absolute Gasteiger partial charge is 0.111 e. The highest BCUT2D eigenvalue weighted by Crippen LogP contribution is 2.19. The second kappa shape index (κ2) is 4.97. The average molecular weight is 205 g/mol. The van der Waals surface area contributed by atoms with E-state index < -0.39 is 0 Å². The number of rotatable bonds is 4. The normalized spacial score (nSPS) is 11.0. The van der Waals surface area contributed by atoms with Crippen molar-refractivity contribution in [1.82, 2.24) is 9.55 Å². The van der Waals surface area contributed by atoms with E-state index >= 15 is 0 Å². The standard InChI is InChI=1S/C12H19N3/c1-9(2)11-8-15(7-5-6-13)12(14-11)10(3)4/h8-10H,5,7H2,1-4H3. The first-order chi connectivity index (χ1) is 7.06. The van der Waals surface area contributed by atoms with Gasteiger partial charge >= 0.3 is 0 Å². The summed E-state index contributed by atoms with van der Waals surface area (Å²) in [6.07, 6.45) is 2.63. The van der Waals surface area contributed by atoms with E-state index in [1.807, 2.05) is 0 Å². The lowest BCUT2D eigenvalue weighted by molar-refractivity contribution is 0.629. The Bertz CT molecular complexity index is 355. The third-order valence-corrected chi connectivity index (χ3v) is 2.40. The van der Waals surface area contributed by atoms with Crippen LogP contribution in [0.15, 0.2) is 6.20 Å². The molecule has 3 heteroatoms. The van der Waals surface area contributed by atoms with E-state index in [0.29, 0.717) is 18.3 Å². The van der Waals surface area contributed by atoms with Crippen molar-refractivity contribution in [3.05, 3.63) is 17.7 Å². The molecule has 0 amide bonds. The van der Waals surface area contributed by atoms with Gasteiger partial charge in [0.25, 0.3) is 0 Å². The third-order valence-electron chi connectivity index (χ3n) is 2.40. The highest BCUT2D eigenvalue weighted by molar-refractivity contribution is 5.10. The second-order valence-electron chi connectivity index (χ2n) is 4.43. The Morgan fingerprint density at radius 1 is 1.33 bits per heavy atom. The quantitative estimate of drug-likeness (QED) is 0.758. The summed E-state index contributed by atoms with van der Waals surface area (Å²) in [6.45, 7) is 9.30. The van der Waals surface area contributed by atoms with Crippen LogP contribution in [0, 0.1) is 11.3 Å².